The van der Waals surface area contributed by atoms with Gasteiger partial charge in [0.05, 0.1) is 19.0 Å². The van der Waals surface area contributed by atoms with E-state index in [0.717, 1.165) is 12.2 Å². The number of carbonyl (C=O) groups is 1. The molecule has 1 aromatic heterocycles. The van der Waals surface area contributed by atoms with Crippen LogP contribution in [0, 0.1) is 0 Å². The van der Waals surface area contributed by atoms with Crippen LogP contribution in [0.1, 0.15) is 25.3 Å². The van der Waals surface area contributed by atoms with E-state index in [1.54, 1.807) is 12.1 Å². The largest absolute Gasteiger partial charge is 0.490 e. The molecule has 0 aliphatic carbocycles. The van der Waals surface area contributed by atoms with Crippen molar-refractivity contribution in [3.63, 3.8) is 0 Å². The van der Waals surface area contributed by atoms with E-state index in [4.69, 9.17) is 14.2 Å². The summed E-state index contributed by atoms with van der Waals surface area (Å²) in [4.78, 5) is 12.4. The van der Waals surface area contributed by atoms with Crippen molar-refractivity contribution in [1.82, 2.24) is 14.8 Å². The Balaban J connectivity index is 1.33. The molecule has 162 valence electrons. The van der Waals surface area contributed by atoms with Crippen LogP contribution in [0.5, 0.6) is 17.2 Å². The zero-order chi connectivity index (χ0) is 21.6. The van der Waals surface area contributed by atoms with Crippen LogP contribution in [0.2, 0.25) is 0 Å². The van der Waals surface area contributed by atoms with Crippen molar-refractivity contribution >= 4 is 23.4 Å². The predicted molar refractivity (Wildman–Crippen MR) is 118 cm³/mol. The summed E-state index contributed by atoms with van der Waals surface area (Å²) in [5.41, 5.74) is 0.665. The van der Waals surface area contributed by atoms with Gasteiger partial charge in [0.2, 0.25) is 5.91 Å². The summed E-state index contributed by atoms with van der Waals surface area (Å²) in [6.45, 7) is 3.15. The number of nitrogens with zero attached hydrogens (tertiary/aromatic N) is 3. The maximum Gasteiger partial charge on any atom is 0.234 e. The molecule has 2 heterocycles. The molecule has 0 unspecified atom stereocenters. The lowest BCUT2D eigenvalue weighted by atomic mass is 10.2. The summed E-state index contributed by atoms with van der Waals surface area (Å²) in [7, 11) is 1.87. The summed E-state index contributed by atoms with van der Waals surface area (Å²) in [5.74, 6) is 2.86. The first-order valence-electron chi connectivity index (χ1n) is 10.0. The molecule has 9 heteroatoms. The Morgan fingerprint density at radius 2 is 1.94 bits per heavy atom. The summed E-state index contributed by atoms with van der Waals surface area (Å²) in [6, 6.07) is 15.0. The molecule has 0 radical (unpaired) electrons. The van der Waals surface area contributed by atoms with Crippen LogP contribution < -0.4 is 19.5 Å². The number of hydrogen-bond donors (Lipinski definition) is 1. The van der Waals surface area contributed by atoms with Crippen molar-refractivity contribution in [3.05, 3.63) is 54.4 Å². The molecule has 0 saturated carbocycles. The minimum atomic E-state index is -0.273. The van der Waals surface area contributed by atoms with Crippen molar-refractivity contribution < 1.29 is 19.0 Å². The zero-order valence-corrected chi connectivity index (χ0v) is 18.2. The lowest BCUT2D eigenvalue weighted by molar-refractivity contribution is -0.113. The number of nitrogens with one attached hydrogen (secondary N) is 1. The number of hydrogen-bond acceptors (Lipinski definition) is 7. The van der Waals surface area contributed by atoms with Gasteiger partial charge in [-0.25, -0.2) is 0 Å². The van der Waals surface area contributed by atoms with Crippen LogP contribution in [-0.4, -0.2) is 39.6 Å². The third kappa shape index (κ3) is 5.29. The monoisotopic (exact) mass is 440 g/mol. The third-order valence-electron chi connectivity index (χ3n) is 4.65. The van der Waals surface area contributed by atoms with E-state index in [9.17, 15) is 4.79 Å². The second-order valence-corrected chi connectivity index (χ2v) is 7.96. The quantitative estimate of drug-likeness (QED) is 0.559. The molecule has 1 atom stereocenters. The summed E-state index contributed by atoms with van der Waals surface area (Å²) in [6.07, 6.45) is 0.562. The lowest BCUT2D eigenvalue weighted by Gasteiger charge is -2.14. The highest BCUT2D eigenvalue weighted by molar-refractivity contribution is 7.99. The number of benzene rings is 2. The molecule has 1 aliphatic rings. The van der Waals surface area contributed by atoms with Crippen LogP contribution >= 0.6 is 11.8 Å². The highest BCUT2D eigenvalue weighted by Gasteiger charge is 2.18. The van der Waals surface area contributed by atoms with Gasteiger partial charge in [-0.05, 0) is 31.2 Å². The SMILES string of the molecule is C[C@@H](Oc1ccccc1)c1nnc(SCC(=O)Nc2ccc3c(c2)OCCCO3)n1C. The number of rotatable bonds is 7. The first-order chi connectivity index (χ1) is 15.1. The lowest BCUT2D eigenvalue weighted by Crippen LogP contribution is -2.15. The second-order valence-electron chi connectivity index (χ2n) is 7.02. The van der Waals surface area contributed by atoms with Gasteiger partial charge in [-0.2, -0.15) is 0 Å². The fraction of sp³-hybridized carbons (Fsp3) is 0.318. The average Bonchev–Trinajstić information content (AvgIpc) is 2.98. The number of aromatic nitrogens is 3. The first kappa shape index (κ1) is 21.0. The van der Waals surface area contributed by atoms with E-state index in [0.29, 0.717) is 41.4 Å². The summed E-state index contributed by atoms with van der Waals surface area (Å²) >= 11 is 1.32. The zero-order valence-electron chi connectivity index (χ0n) is 17.4. The average molecular weight is 441 g/mol. The standard InChI is InChI=1S/C22H24N4O4S/c1-15(30-17-7-4-3-5-8-17)21-24-25-22(26(21)2)31-14-20(27)23-16-9-10-18-19(13-16)29-12-6-11-28-18/h3-5,7-10,13,15H,6,11-12,14H2,1-2H3,(H,23,27)/t15-/m1/s1. The Morgan fingerprint density at radius 1 is 1.16 bits per heavy atom. The van der Waals surface area contributed by atoms with Crippen LogP contribution in [0.4, 0.5) is 5.69 Å². The highest BCUT2D eigenvalue weighted by atomic mass is 32.2. The molecule has 4 rings (SSSR count). The van der Waals surface area contributed by atoms with Crippen molar-refractivity contribution in [2.75, 3.05) is 24.3 Å². The third-order valence-corrected chi connectivity index (χ3v) is 5.67. The maximum atomic E-state index is 12.4. The van der Waals surface area contributed by atoms with E-state index in [2.05, 4.69) is 15.5 Å². The van der Waals surface area contributed by atoms with E-state index in [1.165, 1.54) is 11.8 Å². The molecule has 0 spiro atoms. The molecule has 3 aromatic rings. The van der Waals surface area contributed by atoms with Gasteiger partial charge in [-0.1, -0.05) is 30.0 Å². The molecule has 0 bridgehead atoms. The molecule has 1 N–H and O–H groups in total. The summed E-state index contributed by atoms with van der Waals surface area (Å²) < 4.78 is 19.1. The van der Waals surface area contributed by atoms with Crippen LogP contribution in [0.15, 0.2) is 53.7 Å². The van der Waals surface area contributed by atoms with E-state index in [1.807, 2.05) is 54.9 Å². The smallest absolute Gasteiger partial charge is 0.234 e. The minimum absolute atomic E-state index is 0.141. The van der Waals surface area contributed by atoms with Crippen LogP contribution in [0.25, 0.3) is 0 Å². The molecule has 31 heavy (non-hydrogen) atoms. The topological polar surface area (TPSA) is 87.5 Å². The Kier molecular flexibility index (Phi) is 6.61. The Morgan fingerprint density at radius 3 is 2.74 bits per heavy atom. The number of fused-ring (bicyclic) bond motifs is 1. The highest BCUT2D eigenvalue weighted by Crippen LogP contribution is 2.32. The fourth-order valence-electron chi connectivity index (χ4n) is 3.13. The number of para-hydroxylation sites is 1. The molecular formula is C22H24N4O4S. The molecule has 0 saturated heterocycles. The van der Waals surface area contributed by atoms with Gasteiger partial charge in [-0.3, -0.25) is 4.79 Å². The maximum absolute atomic E-state index is 12.4. The molecule has 2 aromatic carbocycles. The van der Waals surface area contributed by atoms with Gasteiger partial charge in [0.1, 0.15) is 5.75 Å². The molecular weight excluding hydrogens is 416 g/mol. The van der Waals surface area contributed by atoms with E-state index < -0.39 is 0 Å². The van der Waals surface area contributed by atoms with Crippen LogP contribution in [0.3, 0.4) is 0 Å². The Bertz CT molecular complexity index is 1040. The normalized spacial score (nSPS) is 13.9. The number of carbonyl (C=O) groups excluding carboxylic acids is 1. The molecule has 1 aliphatic heterocycles. The number of thioether (sulfide) groups is 1. The summed E-state index contributed by atoms with van der Waals surface area (Å²) in [5, 5.41) is 12.0. The van der Waals surface area contributed by atoms with Gasteiger partial charge < -0.3 is 24.1 Å². The Labute approximate surface area is 184 Å². The number of amides is 1. The fourth-order valence-corrected chi connectivity index (χ4v) is 3.85. The van der Waals surface area contributed by atoms with Gasteiger partial charge in [0.15, 0.2) is 28.6 Å². The Hall–Kier alpha value is -3.20. The van der Waals surface area contributed by atoms with Gasteiger partial charge in [0, 0.05) is 25.2 Å². The van der Waals surface area contributed by atoms with Gasteiger partial charge in [-0.15, -0.1) is 10.2 Å². The van der Waals surface area contributed by atoms with Crippen LogP contribution in [-0.2, 0) is 11.8 Å². The van der Waals surface area contributed by atoms with E-state index in [-0.39, 0.29) is 17.8 Å². The van der Waals surface area contributed by atoms with E-state index >= 15 is 0 Å². The first-order valence-corrected chi connectivity index (χ1v) is 11.0. The molecule has 0 fully saturated rings. The van der Waals surface area contributed by atoms with Gasteiger partial charge in [0.25, 0.3) is 0 Å². The number of anilines is 1. The predicted octanol–water partition coefficient (Wildman–Crippen LogP) is 3.85. The van der Waals surface area contributed by atoms with Crippen molar-refractivity contribution in [1.29, 1.82) is 0 Å². The number of ether oxygens (including phenoxy) is 3. The van der Waals surface area contributed by atoms with Crippen molar-refractivity contribution in [3.8, 4) is 17.2 Å². The second kappa shape index (κ2) is 9.74. The van der Waals surface area contributed by atoms with Gasteiger partial charge >= 0.3 is 0 Å². The molecule has 1 amide bonds. The minimum Gasteiger partial charge on any atom is -0.490 e. The van der Waals surface area contributed by atoms with Crippen molar-refractivity contribution in [2.24, 2.45) is 7.05 Å². The molecule has 8 nitrogen and oxygen atoms in total. The van der Waals surface area contributed by atoms with Crippen molar-refractivity contribution in [2.45, 2.75) is 24.6 Å².